The molecule has 0 radical (unpaired) electrons. The number of nitrogens with one attached hydrogen (secondary N) is 1. The monoisotopic (exact) mass is 282 g/mol. The van der Waals surface area contributed by atoms with Gasteiger partial charge in [-0.3, -0.25) is 0 Å². The summed E-state index contributed by atoms with van der Waals surface area (Å²) in [6.07, 6.45) is 0. The van der Waals surface area contributed by atoms with E-state index in [0.717, 1.165) is 18.7 Å². The Hall–Kier alpha value is -1.13. The minimum atomic E-state index is -0.155. The van der Waals surface area contributed by atoms with E-state index in [1.165, 1.54) is 6.07 Å². The van der Waals surface area contributed by atoms with Crippen LogP contribution in [0.3, 0.4) is 0 Å². The summed E-state index contributed by atoms with van der Waals surface area (Å²) in [5, 5.41) is 3.27. The van der Waals surface area contributed by atoms with Crippen molar-refractivity contribution in [1.29, 1.82) is 0 Å². The Morgan fingerprint density at radius 1 is 1.35 bits per heavy atom. The van der Waals surface area contributed by atoms with Crippen molar-refractivity contribution < 1.29 is 9.13 Å². The molecule has 0 amide bonds. The second kappa shape index (κ2) is 8.93. The van der Waals surface area contributed by atoms with Gasteiger partial charge in [0.1, 0.15) is 5.82 Å². The standard InChI is InChI=1S/C16H27FN2O/c1-5-18-11-14-7-6-8-15(17)16(14)19(9-10-20-4)12-13(2)3/h6-8,13,18H,5,9-12H2,1-4H3. The normalized spacial score (nSPS) is 11.1. The lowest BCUT2D eigenvalue weighted by Crippen LogP contribution is -2.33. The van der Waals surface area contributed by atoms with E-state index < -0.39 is 0 Å². The van der Waals surface area contributed by atoms with Crippen LogP contribution in [0.2, 0.25) is 0 Å². The summed E-state index contributed by atoms with van der Waals surface area (Å²) in [5.74, 6) is 0.315. The van der Waals surface area contributed by atoms with Crippen LogP contribution in [0, 0.1) is 11.7 Å². The summed E-state index contributed by atoms with van der Waals surface area (Å²) in [7, 11) is 1.68. The van der Waals surface area contributed by atoms with Gasteiger partial charge in [-0.15, -0.1) is 0 Å². The van der Waals surface area contributed by atoms with E-state index >= 15 is 0 Å². The number of anilines is 1. The molecule has 0 aliphatic carbocycles. The number of benzene rings is 1. The van der Waals surface area contributed by atoms with Gasteiger partial charge in [0, 0.05) is 26.7 Å². The number of rotatable bonds is 9. The highest BCUT2D eigenvalue weighted by Gasteiger charge is 2.16. The fourth-order valence-corrected chi connectivity index (χ4v) is 2.25. The van der Waals surface area contributed by atoms with E-state index in [2.05, 4.69) is 31.0 Å². The van der Waals surface area contributed by atoms with Crippen LogP contribution < -0.4 is 10.2 Å². The molecule has 20 heavy (non-hydrogen) atoms. The lowest BCUT2D eigenvalue weighted by Gasteiger charge is -2.29. The quantitative estimate of drug-likeness (QED) is 0.753. The molecule has 114 valence electrons. The maximum atomic E-state index is 14.3. The molecule has 0 saturated heterocycles. The van der Waals surface area contributed by atoms with Crippen molar-refractivity contribution in [2.75, 3.05) is 38.3 Å². The molecule has 4 heteroatoms. The number of ether oxygens (including phenoxy) is 1. The van der Waals surface area contributed by atoms with E-state index in [1.807, 2.05) is 6.07 Å². The smallest absolute Gasteiger partial charge is 0.146 e. The highest BCUT2D eigenvalue weighted by Crippen LogP contribution is 2.25. The first-order chi connectivity index (χ1) is 9.60. The Kier molecular flexibility index (Phi) is 7.55. The highest BCUT2D eigenvalue weighted by molar-refractivity contribution is 5.55. The Labute approximate surface area is 122 Å². The number of nitrogens with zero attached hydrogens (tertiary/aromatic N) is 1. The van der Waals surface area contributed by atoms with Crippen molar-refractivity contribution in [1.82, 2.24) is 5.32 Å². The highest BCUT2D eigenvalue weighted by atomic mass is 19.1. The van der Waals surface area contributed by atoms with Gasteiger partial charge in [-0.1, -0.05) is 32.9 Å². The van der Waals surface area contributed by atoms with Crippen LogP contribution in [0.25, 0.3) is 0 Å². The Bertz CT molecular complexity index is 396. The molecular formula is C16H27FN2O. The van der Waals surface area contributed by atoms with E-state index in [-0.39, 0.29) is 5.82 Å². The van der Waals surface area contributed by atoms with Gasteiger partial charge in [-0.05, 0) is 24.1 Å². The second-order valence-electron chi connectivity index (χ2n) is 5.36. The predicted molar refractivity (Wildman–Crippen MR) is 82.7 cm³/mol. The summed E-state index contributed by atoms with van der Waals surface area (Å²) < 4.78 is 19.5. The molecule has 0 bridgehead atoms. The van der Waals surface area contributed by atoms with Gasteiger partial charge in [-0.25, -0.2) is 4.39 Å². The number of halogens is 1. The summed E-state index contributed by atoms with van der Waals surface area (Å²) in [4.78, 5) is 2.09. The van der Waals surface area contributed by atoms with Crippen LogP contribution in [0.5, 0.6) is 0 Å². The third-order valence-corrected chi connectivity index (χ3v) is 3.10. The Morgan fingerprint density at radius 2 is 2.10 bits per heavy atom. The van der Waals surface area contributed by atoms with Gasteiger partial charge in [0.2, 0.25) is 0 Å². The molecule has 1 aromatic carbocycles. The first-order valence-electron chi connectivity index (χ1n) is 7.32. The lowest BCUT2D eigenvalue weighted by molar-refractivity contribution is 0.204. The van der Waals surface area contributed by atoms with Gasteiger partial charge in [0.25, 0.3) is 0 Å². The molecule has 1 aromatic rings. The molecule has 0 fully saturated rings. The summed E-state index contributed by atoms with van der Waals surface area (Å²) in [6.45, 7) is 10.0. The van der Waals surface area contributed by atoms with Crippen LogP contribution in [-0.4, -0.2) is 33.4 Å². The SMILES string of the molecule is CCNCc1cccc(F)c1N(CCOC)CC(C)C. The predicted octanol–water partition coefficient (Wildman–Crippen LogP) is 3.04. The average Bonchev–Trinajstić information content (AvgIpc) is 2.41. The fourth-order valence-electron chi connectivity index (χ4n) is 2.25. The zero-order chi connectivity index (χ0) is 15.0. The van der Waals surface area contributed by atoms with Crippen molar-refractivity contribution in [2.24, 2.45) is 5.92 Å². The fraction of sp³-hybridized carbons (Fsp3) is 0.625. The number of methoxy groups -OCH3 is 1. The molecule has 0 heterocycles. The molecule has 0 aliphatic heterocycles. The van der Waals surface area contributed by atoms with E-state index in [0.29, 0.717) is 31.3 Å². The third kappa shape index (κ3) is 5.10. The van der Waals surface area contributed by atoms with Crippen LogP contribution >= 0.6 is 0 Å². The maximum absolute atomic E-state index is 14.3. The summed E-state index contributed by atoms with van der Waals surface area (Å²) >= 11 is 0. The van der Waals surface area contributed by atoms with Gasteiger partial charge in [0.15, 0.2) is 0 Å². The maximum Gasteiger partial charge on any atom is 0.146 e. The van der Waals surface area contributed by atoms with Crippen LogP contribution in [-0.2, 0) is 11.3 Å². The lowest BCUT2D eigenvalue weighted by atomic mass is 10.1. The molecule has 0 aliphatic rings. The largest absolute Gasteiger partial charge is 0.383 e. The van der Waals surface area contributed by atoms with Crippen LogP contribution in [0.1, 0.15) is 26.3 Å². The molecule has 1 rings (SSSR count). The minimum absolute atomic E-state index is 0.155. The van der Waals surface area contributed by atoms with Gasteiger partial charge >= 0.3 is 0 Å². The molecule has 0 atom stereocenters. The third-order valence-electron chi connectivity index (χ3n) is 3.10. The zero-order valence-electron chi connectivity index (χ0n) is 13.1. The van der Waals surface area contributed by atoms with Crippen molar-refractivity contribution in [3.05, 3.63) is 29.6 Å². The van der Waals surface area contributed by atoms with E-state index in [4.69, 9.17) is 4.74 Å². The average molecular weight is 282 g/mol. The Balaban J connectivity index is 3.02. The molecule has 0 aromatic heterocycles. The molecule has 0 saturated carbocycles. The first kappa shape index (κ1) is 16.9. The first-order valence-corrected chi connectivity index (χ1v) is 7.32. The van der Waals surface area contributed by atoms with Crippen molar-refractivity contribution in [2.45, 2.75) is 27.3 Å². The molecule has 3 nitrogen and oxygen atoms in total. The number of hydrogen-bond acceptors (Lipinski definition) is 3. The molecule has 0 unspecified atom stereocenters. The number of hydrogen-bond donors (Lipinski definition) is 1. The molecule has 1 N–H and O–H groups in total. The Morgan fingerprint density at radius 3 is 2.70 bits per heavy atom. The van der Waals surface area contributed by atoms with Gasteiger partial charge < -0.3 is 15.0 Å². The summed E-state index contributed by atoms with van der Waals surface area (Å²) in [6, 6.07) is 5.29. The van der Waals surface area contributed by atoms with Crippen molar-refractivity contribution in [3.63, 3.8) is 0 Å². The number of para-hydroxylation sites is 1. The topological polar surface area (TPSA) is 24.5 Å². The summed E-state index contributed by atoms with van der Waals surface area (Å²) in [5.41, 5.74) is 1.71. The van der Waals surface area contributed by atoms with Crippen LogP contribution in [0.15, 0.2) is 18.2 Å². The van der Waals surface area contributed by atoms with Crippen molar-refractivity contribution in [3.8, 4) is 0 Å². The van der Waals surface area contributed by atoms with E-state index in [1.54, 1.807) is 13.2 Å². The zero-order valence-corrected chi connectivity index (χ0v) is 13.1. The minimum Gasteiger partial charge on any atom is -0.383 e. The van der Waals surface area contributed by atoms with Gasteiger partial charge in [-0.2, -0.15) is 0 Å². The second-order valence-corrected chi connectivity index (χ2v) is 5.36. The molecular weight excluding hydrogens is 255 g/mol. The molecule has 0 spiro atoms. The van der Waals surface area contributed by atoms with Crippen molar-refractivity contribution >= 4 is 5.69 Å². The van der Waals surface area contributed by atoms with Gasteiger partial charge in [0.05, 0.1) is 12.3 Å². The van der Waals surface area contributed by atoms with Crippen LogP contribution in [0.4, 0.5) is 10.1 Å². The van der Waals surface area contributed by atoms with E-state index in [9.17, 15) is 4.39 Å².